The Morgan fingerprint density at radius 2 is 1.81 bits per heavy atom. The number of hydrogen-bond donors (Lipinski definition) is 1. The number of ether oxygens (including phenoxy) is 2. The minimum Gasteiger partial charge on any atom is -0.497 e. The van der Waals surface area contributed by atoms with Gasteiger partial charge in [-0.25, -0.2) is 0 Å². The summed E-state index contributed by atoms with van der Waals surface area (Å²) in [7, 11) is 1.62. The lowest BCUT2D eigenvalue weighted by atomic mass is 10.1. The van der Waals surface area contributed by atoms with Crippen LogP contribution in [0, 0.1) is 0 Å². The summed E-state index contributed by atoms with van der Waals surface area (Å²) >= 11 is 12.3. The van der Waals surface area contributed by atoms with Crippen LogP contribution in [0.25, 0.3) is 0 Å². The van der Waals surface area contributed by atoms with E-state index in [2.05, 4.69) is 0 Å². The third-order valence-electron chi connectivity index (χ3n) is 3.12. The van der Waals surface area contributed by atoms with Gasteiger partial charge in [0.05, 0.1) is 7.11 Å². The van der Waals surface area contributed by atoms with Gasteiger partial charge < -0.3 is 15.2 Å². The minimum atomic E-state index is 0.295. The molecule has 0 amide bonds. The van der Waals surface area contributed by atoms with Crippen LogP contribution in [0.4, 0.5) is 0 Å². The van der Waals surface area contributed by atoms with Gasteiger partial charge in [-0.15, -0.1) is 0 Å². The van der Waals surface area contributed by atoms with E-state index in [0.29, 0.717) is 23.2 Å². The standard InChI is InChI=1S/C16H17Cl2NO2/c1-20-12-6-5-11(7-8-19)16(9-12)21-10-13-14(17)3-2-4-15(13)18/h2-6,9H,7-8,10,19H2,1H3. The van der Waals surface area contributed by atoms with E-state index >= 15 is 0 Å². The molecule has 112 valence electrons. The largest absolute Gasteiger partial charge is 0.497 e. The van der Waals surface area contributed by atoms with Gasteiger partial charge in [-0.1, -0.05) is 35.3 Å². The smallest absolute Gasteiger partial charge is 0.126 e. The van der Waals surface area contributed by atoms with E-state index in [1.54, 1.807) is 25.3 Å². The normalized spacial score (nSPS) is 10.5. The van der Waals surface area contributed by atoms with Crippen molar-refractivity contribution in [3.63, 3.8) is 0 Å². The van der Waals surface area contributed by atoms with Gasteiger partial charge in [-0.05, 0) is 36.7 Å². The fraction of sp³-hybridized carbons (Fsp3) is 0.250. The molecule has 0 spiro atoms. The molecule has 0 atom stereocenters. The van der Waals surface area contributed by atoms with Crippen molar-refractivity contribution < 1.29 is 9.47 Å². The van der Waals surface area contributed by atoms with Crippen molar-refractivity contribution in [3.8, 4) is 11.5 Å². The highest BCUT2D eigenvalue weighted by Crippen LogP contribution is 2.29. The maximum Gasteiger partial charge on any atom is 0.126 e. The molecule has 5 heteroatoms. The molecular weight excluding hydrogens is 309 g/mol. The SMILES string of the molecule is COc1ccc(CCN)c(OCc2c(Cl)cccc2Cl)c1. The fourth-order valence-electron chi connectivity index (χ4n) is 1.98. The van der Waals surface area contributed by atoms with Crippen LogP contribution in [0.5, 0.6) is 11.5 Å². The minimum absolute atomic E-state index is 0.295. The average molecular weight is 326 g/mol. The molecule has 2 aromatic carbocycles. The zero-order valence-electron chi connectivity index (χ0n) is 11.7. The van der Waals surface area contributed by atoms with Gasteiger partial charge in [0.1, 0.15) is 18.1 Å². The van der Waals surface area contributed by atoms with Gasteiger partial charge in [0, 0.05) is 21.7 Å². The van der Waals surface area contributed by atoms with Gasteiger partial charge >= 0.3 is 0 Å². The van der Waals surface area contributed by atoms with Crippen molar-refractivity contribution >= 4 is 23.2 Å². The quantitative estimate of drug-likeness (QED) is 0.870. The first kappa shape index (κ1) is 16.0. The Balaban J connectivity index is 2.22. The van der Waals surface area contributed by atoms with Gasteiger partial charge in [-0.2, -0.15) is 0 Å². The van der Waals surface area contributed by atoms with Crippen LogP contribution in [0.2, 0.25) is 10.0 Å². The second kappa shape index (κ2) is 7.55. The maximum absolute atomic E-state index is 6.15. The first-order valence-corrected chi connectivity index (χ1v) is 7.34. The Kier molecular flexibility index (Phi) is 5.74. The number of benzene rings is 2. The zero-order chi connectivity index (χ0) is 15.2. The third kappa shape index (κ3) is 4.03. The molecule has 0 aliphatic heterocycles. The van der Waals surface area contributed by atoms with E-state index in [1.807, 2.05) is 18.2 Å². The van der Waals surface area contributed by atoms with Gasteiger partial charge in [0.15, 0.2) is 0 Å². The number of hydrogen-bond acceptors (Lipinski definition) is 3. The topological polar surface area (TPSA) is 44.5 Å². The number of methoxy groups -OCH3 is 1. The summed E-state index contributed by atoms with van der Waals surface area (Å²) in [5, 5.41) is 1.18. The van der Waals surface area contributed by atoms with Crippen molar-refractivity contribution in [1.29, 1.82) is 0 Å². The van der Waals surface area contributed by atoms with E-state index in [1.165, 1.54) is 0 Å². The molecule has 3 nitrogen and oxygen atoms in total. The lowest BCUT2D eigenvalue weighted by molar-refractivity contribution is 0.300. The van der Waals surface area contributed by atoms with Gasteiger partial charge in [-0.3, -0.25) is 0 Å². The van der Waals surface area contributed by atoms with E-state index < -0.39 is 0 Å². The molecule has 0 saturated heterocycles. The molecule has 2 aromatic rings. The molecule has 0 radical (unpaired) electrons. The highest BCUT2D eigenvalue weighted by Gasteiger charge is 2.09. The fourth-order valence-corrected chi connectivity index (χ4v) is 2.48. The van der Waals surface area contributed by atoms with E-state index in [0.717, 1.165) is 29.0 Å². The number of nitrogens with two attached hydrogens (primary N) is 1. The van der Waals surface area contributed by atoms with Crippen molar-refractivity contribution in [2.24, 2.45) is 5.73 Å². The Hall–Kier alpha value is -1.42. The highest BCUT2D eigenvalue weighted by molar-refractivity contribution is 6.35. The summed E-state index contributed by atoms with van der Waals surface area (Å²) in [6, 6.07) is 11.1. The van der Waals surface area contributed by atoms with Gasteiger partial charge in [0.25, 0.3) is 0 Å². The highest BCUT2D eigenvalue weighted by atomic mass is 35.5. The molecule has 0 fully saturated rings. The predicted molar refractivity (Wildman–Crippen MR) is 86.5 cm³/mol. The predicted octanol–water partition coefficient (Wildman–Crippen LogP) is 4.08. The summed E-state index contributed by atoms with van der Waals surface area (Å²) in [6.07, 6.45) is 0.732. The molecule has 0 aliphatic rings. The second-order valence-electron chi connectivity index (χ2n) is 4.50. The Labute approximate surface area is 134 Å². The van der Waals surface area contributed by atoms with Crippen molar-refractivity contribution in [2.45, 2.75) is 13.0 Å². The second-order valence-corrected chi connectivity index (χ2v) is 5.32. The summed E-state index contributed by atoms with van der Waals surface area (Å²) in [5.74, 6) is 1.46. The van der Waals surface area contributed by atoms with Crippen LogP contribution >= 0.6 is 23.2 Å². The van der Waals surface area contributed by atoms with Gasteiger partial charge in [0.2, 0.25) is 0 Å². The summed E-state index contributed by atoms with van der Waals surface area (Å²) < 4.78 is 11.1. The van der Waals surface area contributed by atoms with E-state index in [-0.39, 0.29) is 0 Å². The Bertz CT molecular complexity index is 597. The first-order chi connectivity index (χ1) is 10.2. The Morgan fingerprint density at radius 1 is 1.10 bits per heavy atom. The third-order valence-corrected chi connectivity index (χ3v) is 3.83. The molecule has 0 aliphatic carbocycles. The molecule has 2 rings (SSSR count). The van der Waals surface area contributed by atoms with Crippen LogP contribution in [0.15, 0.2) is 36.4 Å². The van der Waals surface area contributed by atoms with E-state index in [4.69, 9.17) is 38.4 Å². The lowest BCUT2D eigenvalue weighted by Crippen LogP contribution is -2.06. The van der Waals surface area contributed by atoms with Crippen molar-refractivity contribution in [1.82, 2.24) is 0 Å². The monoisotopic (exact) mass is 325 g/mol. The molecule has 0 aromatic heterocycles. The van der Waals surface area contributed by atoms with Crippen LogP contribution in [0.3, 0.4) is 0 Å². The summed E-state index contributed by atoms with van der Waals surface area (Å²) in [5.41, 5.74) is 7.42. The summed E-state index contributed by atoms with van der Waals surface area (Å²) in [4.78, 5) is 0. The van der Waals surface area contributed by atoms with Crippen molar-refractivity contribution in [3.05, 3.63) is 57.6 Å². The van der Waals surface area contributed by atoms with Crippen LogP contribution < -0.4 is 15.2 Å². The molecule has 0 bridgehead atoms. The zero-order valence-corrected chi connectivity index (χ0v) is 13.2. The maximum atomic E-state index is 6.15. The van der Waals surface area contributed by atoms with E-state index in [9.17, 15) is 0 Å². The lowest BCUT2D eigenvalue weighted by Gasteiger charge is -2.14. The van der Waals surface area contributed by atoms with Crippen LogP contribution in [0.1, 0.15) is 11.1 Å². The molecule has 0 saturated carbocycles. The number of rotatable bonds is 6. The average Bonchev–Trinajstić information content (AvgIpc) is 2.48. The molecule has 21 heavy (non-hydrogen) atoms. The number of halogens is 2. The molecule has 0 unspecified atom stereocenters. The molecule has 2 N–H and O–H groups in total. The molecular formula is C16H17Cl2NO2. The molecule has 0 heterocycles. The Morgan fingerprint density at radius 3 is 2.43 bits per heavy atom. The van der Waals surface area contributed by atoms with Crippen molar-refractivity contribution in [2.75, 3.05) is 13.7 Å². The summed E-state index contributed by atoms with van der Waals surface area (Å²) in [6.45, 7) is 0.846. The first-order valence-electron chi connectivity index (χ1n) is 6.58. The van der Waals surface area contributed by atoms with Crippen LogP contribution in [-0.4, -0.2) is 13.7 Å². The van der Waals surface area contributed by atoms with Crippen LogP contribution in [-0.2, 0) is 13.0 Å².